The fourth-order valence-electron chi connectivity index (χ4n) is 2.09. The van der Waals surface area contributed by atoms with Crippen LogP contribution in [0.25, 0.3) is 0 Å². The lowest BCUT2D eigenvalue weighted by atomic mass is 9.86. The first-order valence-electron chi connectivity index (χ1n) is 6.11. The lowest BCUT2D eigenvalue weighted by molar-refractivity contribution is 0.101. The zero-order chi connectivity index (χ0) is 13.1. The Bertz CT molecular complexity index is 351. The quantitative estimate of drug-likeness (QED) is 0.873. The summed E-state index contributed by atoms with van der Waals surface area (Å²) < 4.78 is 6.67. The molecule has 0 aliphatic heterocycles. The average molecular weight is 303 g/mol. The Balaban J connectivity index is 3.12. The highest BCUT2D eigenvalue weighted by Gasteiger charge is 2.38. The van der Waals surface area contributed by atoms with Crippen molar-refractivity contribution in [2.75, 3.05) is 20.6 Å². The fraction of sp³-hybridized carbons (Fsp3) is 0.692. The summed E-state index contributed by atoms with van der Waals surface area (Å²) in [6.45, 7) is 7.51. The molecule has 1 aromatic rings. The van der Waals surface area contributed by atoms with E-state index in [2.05, 4.69) is 61.0 Å². The molecule has 0 bridgehead atoms. The van der Waals surface area contributed by atoms with Crippen molar-refractivity contribution in [3.8, 4) is 0 Å². The van der Waals surface area contributed by atoms with E-state index in [9.17, 15) is 0 Å². The van der Waals surface area contributed by atoms with Crippen LogP contribution < -0.4 is 5.32 Å². The van der Waals surface area contributed by atoms with Gasteiger partial charge >= 0.3 is 0 Å². The van der Waals surface area contributed by atoms with E-state index in [1.807, 2.05) is 6.07 Å². The van der Waals surface area contributed by atoms with E-state index in [4.69, 9.17) is 4.42 Å². The van der Waals surface area contributed by atoms with Crippen molar-refractivity contribution < 1.29 is 4.42 Å². The second-order valence-corrected chi connectivity index (χ2v) is 5.58. The van der Waals surface area contributed by atoms with Crippen molar-refractivity contribution >= 4 is 15.9 Å². The molecular weight excluding hydrogens is 280 g/mol. The number of hydrogen-bond acceptors (Lipinski definition) is 3. The first-order valence-corrected chi connectivity index (χ1v) is 6.90. The molecule has 1 aromatic heterocycles. The molecule has 3 nitrogen and oxygen atoms in total. The molecule has 1 rings (SSSR count). The fourth-order valence-corrected chi connectivity index (χ4v) is 2.52. The summed E-state index contributed by atoms with van der Waals surface area (Å²) in [7, 11) is 4.23. The van der Waals surface area contributed by atoms with Gasteiger partial charge in [-0.15, -0.1) is 0 Å². The van der Waals surface area contributed by atoms with Gasteiger partial charge in [0.25, 0.3) is 0 Å². The van der Waals surface area contributed by atoms with Crippen molar-refractivity contribution in [1.29, 1.82) is 0 Å². The average Bonchev–Trinajstić information content (AvgIpc) is 2.71. The van der Waals surface area contributed by atoms with Gasteiger partial charge in [0.2, 0.25) is 0 Å². The summed E-state index contributed by atoms with van der Waals surface area (Å²) in [5, 5.41) is 3.53. The second-order valence-electron chi connectivity index (χ2n) is 4.73. The van der Waals surface area contributed by atoms with Gasteiger partial charge in [0.15, 0.2) is 0 Å². The van der Waals surface area contributed by atoms with Gasteiger partial charge in [-0.1, -0.05) is 13.8 Å². The van der Waals surface area contributed by atoms with Crippen molar-refractivity contribution in [3.63, 3.8) is 0 Å². The summed E-state index contributed by atoms with van der Waals surface area (Å²) >= 11 is 3.56. The number of furan rings is 1. The Morgan fingerprint density at radius 3 is 2.47 bits per heavy atom. The molecule has 17 heavy (non-hydrogen) atoms. The molecule has 2 atom stereocenters. The predicted molar refractivity (Wildman–Crippen MR) is 75.2 cm³/mol. The van der Waals surface area contributed by atoms with E-state index >= 15 is 0 Å². The number of rotatable bonds is 6. The first kappa shape index (κ1) is 14.7. The van der Waals surface area contributed by atoms with Crippen molar-refractivity contribution in [2.45, 2.75) is 38.8 Å². The van der Waals surface area contributed by atoms with Gasteiger partial charge in [0.1, 0.15) is 5.76 Å². The Morgan fingerprint density at radius 1 is 1.47 bits per heavy atom. The molecule has 0 radical (unpaired) electrons. The maximum absolute atomic E-state index is 5.64. The smallest absolute Gasteiger partial charge is 0.136 e. The largest absolute Gasteiger partial charge is 0.466 e. The van der Waals surface area contributed by atoms with Gasteiger partial charge in [0, 0.05) is 5.54 Å². The van der Waals surface area contributed by atoms with Crippen molar-refractivity contribution in [1.82, 2.24) is 10.2 Å². The van der Waals surface area contributed by atoms with Crippen LogP contribution >= 0.6 is 15.9 Å². The zero-order valence-electron chi connectivity index (χ0n) is 11.4. The van der Waals surface area contributed by atoms with Crippen molar-refractivity contribution in [2.24, 2.45) is 0 Å². The highest BCUT2D eigenvalue weighted by molar-refractivity contribution is 9.10. The lowest BCUT2D eigenvalue weighted by Gasteiger charge is -2.42. The molecule has 1 heterocycles. The Kier molecular flexibility index (Phi) is 5.22. The van der Waals surface area contributed by atoms with E-state index in [0.717, 1.165) is 23.2 Å². The molecule has 0 fully saturated rings. The number of hydrogen-bond donors (Lipinski definition) is 1. The summed E-state index contributed by atoms with van der Waals surface area (Å²) in [5.74, 6) is 0.977. The molecule has 0 amide bonds. The summed E-state index contributed by atoms with van der Waals surface area (Å²) in [5.41, 5.74) is 0.0242. The predicted octanol–water partition coefficient (Wildman–Crippen LogP) is 3.42. The molecule has 0 saturated carbocycles. The molecular formula is C13H23BrN2O. The Hall–Kier alpha value is -0.320. The zero-order valence-corrected chi connectivity index (χ0v) is 13.0. The molecule has 0 aliphatic rings. The summed E-state index contributed by atoms with van der Waals surface area (Å²) in [6, 6.07) is 2.13. The Morgan fingerprint density at radius 2 is 2.12 bits per heavy atom. The standard InChI is InChI=1S/C13H23BrN2O/c1-6-13(3,16(4)5)12(15-7-2)11-10(14)8-9-17-11/h8-9,12,15H,6-7H2,1-5H3. The van der Waals surface area contributed by atoms with E-state index < -0.39 is 0 Å². The topological polar surface area (TPSA) is 28.4 Å². The normalized spacial score (nSPS) is 17.1. The highest BCUT2D eigenvalue weighted by atomic mass is 79.9. The molecule has 2 unspecified atom stereocenters. The van der Waals surface area contributed by atoms with Crippen LogP contribution in [0.5, 0.6) is 0 Å². The van der Waals surface area contributed by atoms with Crippen molar-refractivity contribution in [3.05, 3.63) is 22.6 Å². The third-order valence-electron chi connectivity index (χ3n) is 3.67. The second kappa shape index (κ2) is 6.03. The minimum Gasteiger partial charge on any atom is -0.466 e. The maximum atomic E-state index is 5.64. The van der Waals surface area contributed by atoms with Gasteiger partial charge < -0.3 is 14.6 Å². The van der Waals surface area contributed by atoms with Crippen LogP contribution in [0.1, 0.15) is 39.0 Å². The highest BCUT2D eigenvalue weighted by Crippen LogP contribution is 2.36. The Labute approximate surface area is 113 Å². The van der Waals surface area contributed by atoms with Crippen LogP contribution in [0.3, 0.4) is 0 Å². The van der Waals surface area contributed by atoms with Crippen LogP contribution in [0.2, 0.25) is 0 Å². The van der Waals surface area contributed by atoms with E-state index in [-0.39, 0.29) is 11.6 Å². The van der Waals surface area contributed by atoms with Gasteiger partial charge in [-0.2, -0.15) is 0 Å². The van der Waals surface area contributed by atoms with Crippen LogP contribution in [0.15, 0.2) is 21.2 Å². The minimum absolute atomic E-state index is 0.0242. The number of likely N-dealkylation sites (N-methyl/N-ethyl adjacent to an activating group) is 2. The molecule has 4 heteroatoms. The van der Waals surface area contributed by atoms with E-state index in [1.165, 1.54) is 0 Å². The maximum Gasteiger partial charge on any atom is 0.136 e. The van der Waals surface area contributed by atoms with Crippen LogP contribution in [-0.2, 0) is 0 Å². The van der Waals surface area contributed by atoms with Crippen LogP contribution in [0.4, 0.5) is 0 Å². The number of nitrogens with one attached hydrogen (secondary N) is 1. The SMILES string of the molecule is CCNC(c1occc1Br)C(C)(CC)N(C)C. The van der Waals surface area contributed by atoms with Gasteiger partial charge in [-0.05, 0) is 56.0 Å². The first-order chi connectivity index (χ1) is 7.97. The summed E-state index contributed by atoms with van der Waals surface area (Å²) in [6.07, 6.45) is 2.78. The number of halogens is 1. The molecule has 98 valence electrons. The van der Waals surface area contributed by atoms with Crippen LogP contribution in [-0.4, -0.2) is 31.1 Å². The molecule has 0 aliphatic carbocycles. The third kappa shape index (κ3) is 2.92. The molecule has 0 saturated heterocycles. The van der Waals surface area contributed by atoms with Gasteiger partial charge in [-0.3, -0.25) is 0 Å². The van der Waals surface area contributed by atoms with Gasteiger partial charge in [0.05, 0.1) is 16.8 Å². The van der Waals surface area contributed by atoms with Crippen LogP contribution in [0, 0.1) is 0 Å². The minimum atomic E-state index is 0.0242. The van der Waals surface area contributed by atoms with Gasteiger partial charge in [-0.25, -0.2) is 0 Å². The van der Waals surface area contributed by atoms with E-state index in [1.54, 1.807) is 6.26 Å². The van der Waals surface area contributed by atoms with E-state index in [0.29, 0.717) is 0 Å². The third-order valence-corrected chi connectivity index (χ3v) is 4.33. The molecule has 0 aromatic carbocycles. The monoisotopic (exact) mass is 302 g/mol. The molecule has 0 spiro atoms. The summed E-state index contributed by atoms with van der Waals surface area (Å²) in [4.78, 5) is 2.26. The molecule has 1 N–H and O–H groups in total. The number of nitrogens with zero attached hydrogens (tertiary/aromatic N) is 1. The lowest BCUT2D eigenvalue weighted by Crippen LogP contribution is -2.51.